The van der Waals surface area contributed by atoms with Crippen molar-refractivity contribution in [3.05, 3.63) is 23.8 Å². The first-order valence-corrected chi connectivity index (χ1v) is 7.25. The molecule has 1 rings (SSSR count). The predicted octanol–water partition coefficient (Wildman–Crippen LogP) is 3.91. The molecule has 0 aliphatic heterocycles. The number of thioether (sulfide) groups is 1. The fourth-order valence-electron chi connectivity index (χ4n) is 1.84. The average molecular weight is 248 g/mol. The summed E-state index contributed by atoms with van der Waals surface area (Å²) in [6.07, 6.45) is 5.66. The summed E-state index contributed by atoms with van der Waals surface area (Å²) in [4.78, 5) is 3.25. The molecule has 0 amide bonds. The SMILES string of the molecule is CCCCCN(C)c1cccc(SC)c1C#N. The zero-order valence-corrected chi connectivity index (χ0v) is 11.7. The molecule has 0 aliphatic rings. The number of anilines is 1. The van der Waals surface area contributed by atoms with Crippen molar-refractivity contribution in [3.8, 4) is 6.07 Å². The molecule has 0 N–H and O–H groups in total. The van der Waals surface area contributed by atoms with E-state index in [1.165, 1.54) is 19.3 Å². The van der Waals surface area contributed by atoms with Gasteiger partial charge in [-0.1, -0.05) is 25.8 Å². The van der Waals surface area contributed by atoms with E-state index in [4.69, 9.17) is 0 Å². The zero-order chi connectivity index (χ0) is 12.7. The molecule has 0 saturated carbocycles. The molecule has 0 aliphatic carbocycles. The van der Waals surface area contributed by atoms with Crippen LogP contribution in [0.3, 0.4) is 0 Å². The highest BCUT2D eigenvalue weighted by Crippen LogP contribution is 2.28. The van der Waals surface area contributed by atoms with Gasteiger partial charge in [0, 0.05) is 18.5 Å². The van der Waals surface area contributed by atoms with Crippen LogP contribution in [-0.4, -0.2) is 19.8 Å². The maximum atomic E-state index is 9.26. The topological polar surface area (TPSA) is 27.0 Å². The highest BCUT2D eigenvalue weighted by molar-refractivity contribution is 7.98. The lowest BCUT2D eigenvalue weighted by molar-refractivity contribution is 0.704. The van der Waals surface area contributed by atoms with Gasteiger partial charge in [0.15, 0.2) is 0 Å². The van der Waals surface area contributed by atoms with Gasteiger partial charge in [-0.3, -0.25) is 0 Å². The quantitative estimate of drug-likeness (QED) is 0.564. The molecule has 0 fully saturated rings. The van der Waals surface area contributed by atoms with Gasteiger partial charge < -0.3 is 4.90 Å². The van der Waals surface area contributed by atoms with Crippen LogP contribution in [0.5, 0.6) is 0 Å². The normalized spacial score (nSPS) is 10.0. The van der Waals surface area contributed by atoms with Gasteiger partial charge >= 0.3 is 0 Å². The molecule has 0 radical (unpaired) electrons. The molecule has 1 aromatic rings. The minimum atomic E-state index is 0.805. The van der Waals surface area contributed by atoms with Crippen LogP contribution in [0.15, 0.2) is 23.1 Å². The van der Waals surface area contributed by atoms with Crippen LogP contribution < -0.4 is 4.90 Å². The number of rotatable bonds is 6. The van der Waals surface area contributed by atoms with Crippen molar-refractivity contribution in [2.24, 2.45) is 0 Å². The molecule has 0 atom stereocenters. The van der Waals surface area contributed by atoms with Crippen LogP contribution in [0.1, 0.15) is 31.7 Å². The smallest absolute Gasteiger partial charge is 0.102 e. The summed E-state index contributed by atoms with van der Waals surface area (Å²) in [5, 5.41) is 9.26. The minimum Gasteiger partial charge on any atom is -0.373 e. The van der Waals surface area contributed by atoms with Gasteiger partial charge in [-0.05, 0) is 24.8 Å². The number of benzene rings is 1. The Hall–Kier alpha value is -1.14. The Kier molecular flexibility index (Phi) is 5.93. The van der Waals surface area contributed by atoms with Gasteiger partial charge in [-0.25, -0.2) is 0 Å². The van der Waals surface area contributed by atoms with Crippen molar-refractivity contribution in [1.29, 1.82) is 5.26 Å². The number of hydrogen-bond acceptors (Lipinski definition) is 3. The highest BCUT2D eigenvalue weighted by Gasteiger charge is 2.10. The van der Waals surface area contributed by atoms with Crippen LogP contribution in [0.2, 0.25) is 0 Å². The first-order valence-electron chi connectivity index (χ1n) is 6.02. The van der Waals surface area contributed by atoms with E-state index in [1.54, 1.807) is 11.8 Å². The summed E-state index contributed by atoms with van der Waals surface area (Å²) in [5.41, 5.74) is 1.86. The Bertz CT molecular complexity index is 396. The fourth-order valence-corrected chi connectivity index (χ4v) is 2.41. The number of nitriles is 1. The van der Waals surface area contributed by atoms with E-state index >= 15 is 0 Å². The van der Waals surface area contributed by atoms with Crippen molar-refractivity contribution in [2.75, 3.05) is 24.7 Å². The Morgan fingerprint density at radius 3 is 2.71 bits per heavy atom. The van der Waals surface area contributed by atoms with Crippen LogP contribution in [0.25, 0.3) is 0 Å². The summed E-state index contributed by atoms with van der Waals surface area (Å²) in [7, 11) is 2.07. The molecule has 0 saturated heterocycles. The van der Waals surface area contributed by atoms with E-state index in [-0.39, 0.29) is 0 Å². The molecule has 0 unspecified atom stereocenters. The lowest BCUT2D eigenvalue weighted by Crippen LogP contribution is -2.19. The van der Waals surface area contributed by atoms with Crippen molar-refractivity contribution < 1.29 is 0 Å². The molecular formula is C14H20N2S. The van der Waals surface area contributed by atoms with Gasteiger partial charge in [0.05, 0.1) is 11.3 Å². The zero-order valence-electron chi connectivity index (χ0n) is 10.9. The largest absolute Gasteiger partial charge is 0.373 e. The fraction of sp³-hybridized carbons (Fsp3) is 0.500. The molecule has 3 heteroatoms. The molecule has 0 bridgehead atoms. The van der Waals surface area contributed by atoms with E-state index in [0.29, 0.717) is 0 Å². The first kappa shape index (κ1) is 13.9. The van der Waals surface area contributed by atoms with Gasteiger partial charge in [-0.15, -0.1) is 11.8 Å². The van der Waals surface area contributed by atoms with Gasteiger partial charge in [0.2, 0.25) is 0 Å². The van der Waals surface area contributed by atoms with Crippen molar-refractivity contribution in [1.82, 2.24) is 0 Å². The summed E-state index contributed by atoms with van der Waals surface area (Å²) in [6, 6.07) is 8.39. The van der Waals surface area contributed by atoms with Crippen LogP contribution in [0, 0.1) is 11.3 Å². The molecule has 92 valence electrons. The second-order valence-corrected chi connectivity index (χ2v) is 4.94. The second kappa shape index (κ2) is 7.24. The second-order valence-electron chi connectivity index (χ2n) is 4.09. The maximum absolute atomic E-state index is 9.26. The third-order valence-electron chi connectivity index (χ3n) is 2.84. The van der Waals surface area contributed by atoms with E-state index in [2.05, 4.69) is 24.9 Å². The third kappa shape index (κ3) is 3.67. The van der Waals surface area contributed by atoms with E-state index in [9.17, 15) is 5.26 Å². The summed E-state index contributed by atoms with van der Waals surface area (Å²) >= 11 is 1.63. The Labute approximate surface area is 109 Å². The maximum Gasteiger partial charge on any atom is 0.102 e. The third-order valence-corrected chi connectivity index (χ3v) is 3.62. The van der Waals surface area contributed by atoms with Gasteiger partial charge in [0.25, 0.3) is 0 Å². The standard InChI is InChI=1S/C14H20N2S/c1-4-5-6-10-16(2)13-8-7-9-14(17-3)12(13)11-15/h7-9H,4-6,10H2,1-3H3. The monoisotopic (exact) mass is 248 g/mol. The Balaban J connectivity index is 2.86. The van der Waals surface area contributed by atoms with Gasteiger partial charge in [0.1, 0.15) is 6.07 Å². The Morgan fingerprint density at radius 1 is 1.35 bits per heavy atom. The molecule has 17 heavy (non-hydrogen) atoms. The van der Waals surface area contributed by atoms with Crippen LogP contribution in [-0.2, 0) is 0 Å². The lowest BCUT2D eigenvalue weighted by atomic mass is 10.1. The van der Waals surface area contributed by atoms with Crippen LogP contribution >= 0.6 is 11.8 Å². The number of hydrogen-bond donors (Lipinski definition) is 0. The lowest BCUT2D eigenvalue weighted by Gasteiger charge is -2.21. The van der Waals surface area contributed by atoms with Crippen molar-refractivity contribution in [2.45, 2.75) is 31.1 Å². The predicted molar refractivity (Wildman–Crippen MR) is 75.7 cm³/mol. The van der Waals surface area contributed by atoms with Crippen molar-refractivity contribution >= 4 is 17.4 Å². The first-order chi connectivity index (χ1) is 8.24. The molecule has 2 nitrogen and oxygen atoms in total. The molecule has 1 aromatic carbocycles. The summed E-state index contributed by atoms with van der Waals surface area (Å²) < 4.78 is 0. The molecule has 0 spiro atoms. The average Bonchev–Trinajstić information content (AvgIpc) is 2.37. The molecule has 0 heterocycles. The van der Waals surface area contributed by atoms with Crippen molar-refractivity contribution in [3.63, 3.8) is 0 Å². The molecular weight excluding hydrogens is 228 g/mol. The number of unbranched alkanes of at least 4 members (excludes halogenated alkanes) is 2. The van der Waals surface area contributed by atoms with E-state index in [0.717, 1.165) is 22.7 Å². The molecule has 0 aromatic heterocycles. The minimum absolute atomic E-state index is 0.805. The highest BCUT2D eigenvalue weighted by atomic mass is 32.2. The summed E-state index contributed by atoms with van der Waals surface area (Å²) in [5.74, 6) is 0. The van der Waals surface area contributed by atoms with Crippen LogP contribution in [0.4, 0.5) is 5.69 Å². The van der Waals surface area contributed by atoms with E-state index < -0.39 is 0 Å². The summed E-state index contributed by atoms with van der Waals surface area (Å²) in [6.45, 7) is 3.22. The van der Waals surface area contributed by atoms with Gasteiger partial charge in [-0.2, -0.15) is 5.26 Å². The van der Waals surface area contributed by atoms with E-state index in [1.807, 2.05) is 24.5 Å². The Morgan fingerprint density at radius 2 is 2.12 bits per heavy atom. The number of nitrogens with zero attached hydrogens (tertiary/aromatic N) is 2.